The molecule has 5 heterocycles. The van der Waals surface area contributed by atoms with Gasteiger partial charge in [0.2, 0.25) is 12.2 Å². The van der Waals surface area contributed by atoms with Crippen molar-refractivity contribution in [2.75, 3.05) is 48.5 Å². The standard InChI is InChI=1S/C51H83N5O22/c1-25(2)16-14-12-10-11-13-15-17-28(73-32(58)20-26(3)21-33(59)76-50-45(71-9)44(70-8)41(69-7)27(4)72-50)22-34(60)74-30-24-54(5)36(46(65)55(6)35(30)48(66)67)42(78-49-40(64)37(61)29(23-52)75-49)43-38(62)39(63)47(77-43)56-19-18-31(57)53-51(56)68/h18-19,25-30,35-45,47,49-50,61-64H,10-17,20-24,52H2,1-9H3,(H,66,67)(H,53,57,68)/t26-,27+,28-,29+,30-,35-,36-,37+,38-,39+,40+,41+,42-,43-,44+,45+,47+,49-,50-/m0/s1. The summed E-state index contributed by atoms with van der Waals surface area (Å²) in [6, 6.07) is -2.60. The second-order valence-electron chi connectivity index (χ2n) is 21.2. The van der Waals surface area contributed by atoms with Gasteiger partial charge in [0.25, 0.3) is 5.56 Å². The molecule has 1 aromatic heterocycles. The number of unbranched alkanes of at least 4 members (excludes halogenated alkanes) is 5. The number of likely N-dealkylation sites (N-methyl/N-ethyl adjacent to an activating group) is 2. The van der Waals surface area contributed by atoms with Crippen molar-refractivity contribution in [2.24, 2.45) is 17.6 Å². The number of nitrogens with zero attached hydrogens (tertiary/aromatic N) is 3. The van der Waals surface area contributed by atoms with E-state index in [4.69, 9.17) is 53.1 Å². The van der Waals surface area contributed by atoms with Gasteiger partial charge in [-0.25, -0.2) is 9.59 Å². The zero-order chi connectivity index (χ0) is 57.7. The van der Waals surface area contributed by atoms with Crippen LogP contribution in [0.4, 0.5) is 0 Å². The van der Waals surface area contributed by atoms with Gasteiger partial charge >= 0.3 is 29.6 Å². The highest BCUT2D eigenvalue weighted by molar-refractivity contribution is 5.88. The molecule has 4 aliphatic heterocycles. The SMILES string of the molecule is CO[C@H]1[C@@H](OC)[C@H](OC(=O)C[C@@H](C)CC(=O)O[C@@H](CCCCCCCCC(C)C)CC(=O)O[C@H]2CN(C)[C@@H]([C@H](O[C@@H]3O[C@H](CN)[C@@H](O)[C@H]3O)[C@H]3O[C@@H](n4ccc(=O)[nH]c4=O)[C@H](O)[C@@H]3O)C(=O)N(C)[C@@H]2C(=O)O)O[C@H](C)[C@H]1OC. The number of aromatic nitrogens is 2. The Kier molecular flexibility index (Phi) is 24.6. The molecule has 0 aliphatic carbocycles. The lowest BCUT2D eigenvalue weighted by molar-refractivity contribution is -0.297. The molecule has 1 amide bonds. The Hall–Kier alpha value is -4.49. The normalized spacial score (nSPS) is 32.9. The van der Waals surface area contributed by atoms with Crippen LogP contribution in [0.2, 0.25) is 0 Å². The number of hydrogen-bond acceptors (Lipinski definition) is 23. The molecule has 78 heavy (non-hydrogen) atoms. The third kappa shape index (κ3) is 16.3. The van der Waals surface area contributed by atoms with E-state index in [1.165, 1.54) is 33.3 Å². The lowest BCUT2D eigenvalue weighted by Crippen LogP contribution is -2.59. The third-order valence-electron chi connectivity index (χ3n) is 14.8. The summed E-state index contributed by atoms with van der Waals surface area (Å²) in [6.07, 6.45) is -15.0. The maximum absolute atomic E-state index is 14.7. The molecule has 0 aromatic carbocycles. The van der Waals surface area contributed by atoms with Gasteiger partial charge in [0.1, 0.15) is 79.3 Å². The molecule has 0 unspecified atom stereocenters. The second-order valence-corrected chi connectivity index (χ2v) is 21.2. The first kappa shape index (κ1) is 64.3. The maximum atomic E-state index is 14.7. The van der Waals surface area contributed by atoms with Gasteiger partial charge in [-0.2, -0.15) is 0 Å². The van der Waals surface area contributed by atoms with E-state index >= 15 is 0 Å². The predicted molar refractivity (Wildman–Crippen MR) is 270 cm³/mol. The highest BCUT2D eigenvalue weighted by Gasteiger charge is 2.57. The summed E-state index contributed by atoms with van der Waals surface area (Å²) in [7, 11) is 6.87. The van der Waals surface area contributed by atoms with Crippen LogP contribution >= 0.6 is 0 Å². The van der Waals surface area contributed by atoms with E-state index in [2.05, 4.69) is 13.8 Å². The molecule has 27 nitrogen and oxygen atoms in total. The van der Waals surface area contributed by atoms with Crippen LogP contribution in [0.15, 0.2) is 21.9 Å². The van der Waals surface area contributed by atoms with Crippen LogP contribution in [-0.2, 0) is 71.3 Å². The number of esters is 3. The number of ether oxygens (including phenoxy) is 10. The Morgan fingerprint density at radius 1 is 0.756 bits per heavy atom. The lowest BCUT2D eigenvalue weighted by Gasteiger charge is -2.43. The summed E-state index contributed by atoms with van der Waals surface area (Å²) in [4.78, 5) is 97.4. The van der Waals surface area contributed by atoms with Crippen molar-refractivity contribution >= 4 is 29.8 Å². The number of carbonyl (C=O) groups excluding carboxylic acids is 4. The predicted octanol–water partition coefficient (Wildman–Crippen LogP) is -1.09. The molecular weight excluding hydrogens is 1030 g/mol. The van der Waals surface area contributed by atoms with Gasteiger partial charge in [0.05, 0.1) is 12.5 Å². The Bertz CT molecular complexity index is 2230. The molecule has 1 aromatic rings. The number of aromatic amines is 1. The van der Waals surface area contributed by atoms with Gasteiger partial charge in [-0.15, -0.1) is 0 Å². The summed E-state index contributed by atoms with van der Waals surface area (Å²) in [5, 5.41) is 55.1. The molecular formula is C51H83N5O22. The average molecular weight is 1120 g/mol. The van der Waals surface area contributed by atoms with Crippen molar-refractivity contribution in [1.29, 1.82) is 0 Å². The van der Waals surface area contributed by atoms with Crippen LogP contribution in [0.25, 0.3) is 0 Å². The second kappa shape index (κ2) is 29.8. The number of nitrogens with one attached hydrogen (secondary N) is 1. The van der Waals surface area contributed by atoms with E-state index in [1.807, 2.05) is 4.98 Å². The van der Waals surface area contributed by atoms with Crippen LogP contribution < -0.4 is 17.0 Å². The number of aliphatic hydroxyl groups is 4. The first-order valence-corrected chi connectivity index (χ1v) is 26.7. The van der Waals surface area contributed by atoms with Crippen LogP contribution in [0.3, 0.4) is 0 Å². The van der Waals surface area contributed by atoms with Crippen LogP contribution in [0.5, 0.6) is 0 Å². The summed E-state index contributed by atoms with van der Waals surface area (Å²) in [5.41, 5.74) is 3.94. The number of amides is 1. The first-order valence-electron chi connectivity index (χ1n) is 26.7. The van der Waals surface area contributed by atoms with Gasteiger partial charge in [-0.1, -0.05) is 59.3 Å². The Labute approximate surface area is 452 Å². The number of carbonyl (C=O) groups is 5. The Morgan fingerprint density at radius 3 is 1.96 bits per heavy atom. The van der Waals surface area contributed by atoms with Crippen LogP contribution in [-0.4, -0.2) is 227 Å². The first-order chi connectivity index (χ1) is 37.0. The molecule has 19 atom stereocenters. The van der Waals surface area contributed by atoms with Crippen molar-refractivity contribution in [2.45, 2.75) is 209 Å². The fourth-order valence-corrected chi connectivity index (χ4v) is 10.6. The van der Waals surface area contributed by atoms with Gasteiger partial charge in [0, 0.05) is 66.6 Å². The number of rotatable bonds is 28. The molecule has 0 spiro atoms. The quantitative estimate of drug-likeness (QED) is 0.0298. The minimum absolute atomic E-state index is 0.216. The van der Waals surface area contributed by atoms with E-state index in [-0.39, 0.29) is 25.8 Å². The minimum Gasteiger partial charge on any atom is -0.480 e. The van der Waals surface area contributed by atoms with Gasteiger partial charge in [-0.3, -0.25) is 38.4 Å². The average Bonchev–Trinajstić information content (AvgIpc) is 3.84. The summed E-state index contributed by atoms with van der Waals surface area (Å²) in [5.74, 6) is -4.99. The molecule has 444 valence electrons. The number of carboxylic acids is 1. The number of methoxy groups -OCH3 is 3. The summed E-state index contributed by atoms with van der Waals surface area (Å²) in [6.45, 7) is 6.93. The molecule has 0 saturated carbocycles. The van der Waals surface area contributed by atoms with E-state index in [9.17, 15) is 59.1 Å². The van der Waals surface area contributed by atoms with E-state index < -0.39 is 170 Å². The molecule has 8 N–H and O–H groups in total. The smallest absolute Gasteiger partial charge is 0.330 e. The van der Waals surface area contributed by atoms with Gasteiger partial charge < -0.3 is 83.5 Å². The molecule has 4 saturated heterocycles. The van der Waals surface area contributed by atoms with Crippen LogP contribution in [0.1, 0.15) is 105 Å². The summed E-state index contributed by atoms with van der Waals surface area (Å²) >= 11 is 0. The van der Waals surface area contributed by atoms with Crippen molar-refractivity contribution in [3.63, 3.8) is 0 Å². The van der Waals surface area contributed by atoms with Gasteiger partial charge in [-0.05, 0) is 38.6 Å². The highest BCUT2D eigenvalue weighted by atomic mass is 16.7. The number of nitrogens with two attached hydrogens (primary N) is 1. The zero-order valence-corrected chi connectivity index (χ0v) is 46.0. The highest BCUT2D eigenvalue weighted by Crippen LogP contribution is 2.37. The zero-order valence-electron chi connectivity index (χ0n) is 46.0. The lowest BCUT2D eigenvalue weighted by atomic mass is 9.97. The minimum atomic E-state index is -1.97. The molecule has 4 fully saturated rings. The number of carboxylic acid groups (broad SMARTS) is 1. The fourth-order valence-electron chi connectivity index (χ4n) is 10.6. The Balaban J connectivity index is 1.33. The maximum Gasteiger partial charge on any atom is 0.330 e. The van der Waals surface area contributed by atoms with E-state index in [0.717, 1.165) is 67.3 Å². The molecule has 27 heteroatoms. The Morgan fingerprint density at radius 2 is 1.37 bits per heavy atom. The van der Waals surface area contributed by atoms with Crippen molar-refractivity contribution in [1.82, 2.24) is 19.4 Å². The number of aliphatic hydroxyl groups excluding tert-OH is 4. The largest absolute Gasteiger partial charge is 0.480 e. The van der Waals surface area contributed by atoms with Crippen molar-refractivity contribution in [3.8, 4) is 0 Å². The van der Waals surface area contributed by atoms with Crippen molar-refractivity contribution < 1.29 is 96.9 Å². The van der Waals surface area contributed by atoms with E-state index in [0.29, 0.717) is 12.3 Å². The van der Waals surface area contributed by atoms with Crippen molar-refractivity contribution in [3.05, 3.63) is 33.1 Å². The number of hydrogen-bond donors (Lipinski definition) is 7. The molecule has 0 radical (unpaired) electrons. The molecule has 0 bridgehead atoms. The van der Waals surface area contributed by atoms with Crippen LogP contribution in [0, 0.1) is 11.8 Å². The van der Waals surface area contributed by atoms with E-state index in [1.54, 1.807) is 13.8 Å². The number of H-pyrrole nitrogens is 1. The molecule has 5 rings (SSSR count). The molecule has 4 aliphatic rings. The number of aliphatic carboxylic acids is 1. The topological polar surface area (TPSA) is 366 Å². The van der Waals surface area contributed by atoms with Gasteiger partial charge in [0.15, 0.2) is 18.6 Å². The summed E-state index contributed by atoms with van der Waals surface area (Å²) < 4.78 is 58.7. The third-order valence-corrected chi connectivity index (χ3v) is 14.8. The monoisotopic (exact) mass is 1120 g/mol. The fraction of sp³-hybridized carbons (Fsp3) is 0.824.